The van der Waals surface area contributed by atoms with E-state index in [0.717, 1.165) is 0 Å². The number of aliphatic carboxylic acids is 1. The zero-order valence-corrected chi connectivity index (χ0v) is 10.1. The van der Waals surface area contributed by atoms with Crippen LogP contribution in [-0.4, -0.2) is 41.2 Å². The highest BCUT2D eigenvalue weighted by Crippen LogP contribution is 2.32. The molecule has 2 atom stereocenters. The molecule has 1 heterocycles. The molecule has 0 aliphatic carbocycles. The third-order valence-corrected chi connectivity index (χ3v) is 2.77. The Hall–Kier alpha value is -1.96. The minimum absolute atomic E-state index is 0.0677. The predicted molar refractivity (Wildman–Crippen MR) is 59.8 cm³/mol. The molecule has 0 bridgehead atoms. The van der Waals surface area contributed by atoms with Crippen LogP contribution in [0, 0.1) is 0 Å². The van der Waals surface area contributed by atoms with E-state index in [4.69, 9.17) is 19.7 Å². The van der Waals surface area contributed by atoms with E-state index >= 15 is 0 Å². The molecule has 0 saturated carbocycles. The molecular formula is C12H11F3O5. The highest BCUT2D eigenvalue weighted by atomic mass is 19.4. The summed E-state index contributed by atoms with van der Waals surface area (Å²) in [6.07, 6.45) is -8.14. The zero-order valence-electron chi connectivity index (χ0n) is 10.1. The molecule has 2 rings (SSSR count). The van der Waals surface area contributed by atoms with Crippen molar-refractivity contribution in [3.63, 3.8) is 0 Å². The first-order chi connectivity index (χ1) is 9.27. The van der Waals surface area contributed by atoms with Gasteiger partial charge in [-0.05, 0) is 11.6 Å². The molecular weight excluding hydrogens is 281 g/mol. The summed E-state index contributed by atoms with van der Waals surface area (Å²) in [5, 5.41) is 17.6. The van der Waals surface area contributed by atoms with E-state index in [2.05, 4.69) is 0 Å². The number of fused-ring (bicyclic) bond motifs is 1. The lowest BCUT2D eigenvalue weighted by Crippen LogP contribution is -2.34. The number of halogens is 3. The normalized spacial score (nSPS) is 19.1. The highest BCUT2D eigenvalue weighted by Gasteiger charge is 2.38. The molecule has 5 nitrogen and oxygen atoms in total. The molecule has 2 N–H and O–H groups in total. The summed E-state index contributed by atoms with van der Waals surface area (Å²) in [4.78, 5) is 10.8. The molecule has 0 fully saturated rings. The molecule has 20 heavy (non-hydrogen) atoms. The van der Waals surface area contributed by atoms with Gasteiger partial charge in [-0.25, -0.2) is 4.79 Å². The van der Waals surface area contributed by atoms with Gasteiger partial charge in [0.1, 0.15) is 18.1 Å². The van der Waals surface area contributed by atoms with Crippen LogP contribution in [0.3, 0.4) is 0 Å². The van der Waals surface area contributed by atoms with Crippen LogP contribution in [0.1, 0.15) is 5.56 Å². The Balaban J connectivity index is 2.00. The summed E-state index contributed by atoms with van der Waals surface area (Å²) in [5.74, 6) is -0.786. The van der Waals surface area contributed by atoms with Crippen molar-refractivity contribution in [1.29, 1.82) is 0 Å². The molecule has 2 unspecified atom stereocenters. The summed E-state index contributed by atoms with van der Waals surface area (Å²) < 4.78 is 46.2. The van der Waals surface area contributed by atoms with E-state index in [0.29, 0.717) is 5.56 Å². The Kier molecular flexibility index (Phi) is 3.76. The van der Waals surface area contributed by atoms with Crippen molar-refractivity contribution in [2.45, 2.75) is 24.8 Å². The van der Waals surface area contributed by atoms with Crippen LogP contribution >= 0.6 is 0 Å². The molecule has 110 valence electrons. The van der Waals surface area contributed by atoms with E-state index in [1.165, 1.54) is 18.2 Å². The Bertz CT molecular complexity index is 514. The smallest absolute Gasteiger partial charge is 0.417 e. The molecule has 0 aromatic heterocycles. The first-order valence-corrected chi connectivity index (χ1v) is 5.67. The summed E-state index contributed by atoms with van der Waals surface area (Å²) in [5.41, 5.74) is 0.640. The molecule has 1 aromatic rings. The Morgan fingerprint density at radius 2 is 2.20 bits per heavy atom. The van der Waals surface area contributed by atoms with Crippen LogP contribution < -0.4 is 9.47 Å². The fourth-order valence-corrected chi connectivity index (χ4v) is 1.71. The van der Waals surface area contributed by atoms with Crippen molar-refractivity contribution in [3.8, 4) is 11.5 Å². The summed E-state index contributed by atoms with van der Waals surface area (Å²) in [6.45, 7) is -0.940. The Morgan fingerprint density at radius 3 is 2.80 bits per heavy atom. The third-order valence-electron chi connectivity index (χ3n) is 2.77. The first-order valence-electron chi connectivity index (χ1n) is 5.67. The van der Waals surface area contributed by atoms with E-state index in [1.807, 2.05) is 0 Å². The van der Waals surface area contributed by atoms with Gasteiger partial charge in [0.15, 0.2) is 12.2 Å². The van der Waals surface area contributed by atoms with Crippen molar-refractivity contribution in [2.24, 2.45) is 0 Å². The maximum Gasteiger partial charge on any atom is 0.417 e. The maximum atomic E-state index is 12.1. The number of aliphatic hydroxyl groups excluding tert-OH is 1. The number of hydrogen-bond acceptors (Lipinski definition) is 4. The van der Waals surface area contributed by atoms with Crippen molar-refractivity contribution >= 4 is 5.97 Å². The Morgan fingerprint density at radius 1 is 1.50 bits per heavy atom. The number of alkyl halides is 3. The molecule has 0 spiro atoms. The number of hydrogen-bond donors (Lipinski definition) is 2. The van der Waals surface area contributed by atoms with E-state index in [-0.39, 0.29) is 17.9 Å². The zero-order chi connectivity index (χ0) is 14.9. The summed E-state index contributed by atoms with van der Waals surface area (Å²) in [7, 11) is 0. The van der Waals surface area contributed by atoms with Gasteiger partial charge >= 0.3 is 12.1 Å². The Labute approximate surface area is 111 Å². The van der Waals surface area contributed by atoms with Gasteiger partial charge in [-0.1, -0.05) is 6.07 Å². The quantitative estimate of drug-likeness (QED) is 0.876. The predicted octanol–water partition coefficient (Wildman–Crippen LogP) is 1.38. The van der Waals surface area contributed by atoms with Crippen LogP contribution in [-0.2, 0) is 11.2 Å². The van der Waals surface area contributed by atoms with Gasteiger partial charge in [0.05, 0.1) is 0 Å². The minimum Gasteiger partial charge on any atom is -0.490 e. The van der Waals surface area contributed by atoms with Gasteiger partial charge in [0.25, 0.3) is 0 Å². The van der Waals surface area contributed by atoms with E-state index in [9.17, 15) is 18.0 Å². The summed E-state index contributed by atoms with van der Waals surface area (Å²) in [6, 6.07) is 4.23. The average Bonchev–Trinajstić information content (AvgIpc) is 2.77. The topological polar surface area (TPSA) is 76.0 Å². The monoisotopic (exact) mass is 292 g/mol. The molecule has 0 saturated heterocycles. The maximum absolute atomic E-state index is 12.1. The second-order valence-electron chi connectivity index (χ2n) is 4.29. The number of carboxylic acids is 1. The highest BCUT2D eigenvalue weighted by molar-refractivity contribution is 5.74. The van der Waals surface area contributed by atoms with Crippen LogP contribution in [0.4, 0.5) is 13.2 Å². The van der Waals surface area contributed by atoms with Crippen molar-refractivity contribution in [1.82, 2.24) is 0 Å². The van der Waals surface area contributed by atoms with Gasteiger partial charge in [-0.2, -0.15) is 13.2 Å². The number of carboxylic acid groups (broad SMARTS) is 1. The molecule has 0 amide bonds. The van der Waals surface area contributed by atoms with Gasteiger partial charge < -0.3 is 19.7 Å². The van der Waals surface area contributed by atoms with Gasteiger partial charge in [-0.15, -0.1) is 0 Å². The fourth-order valence-electron chi connectivity index (χ4n) is 1.71. The van der Waals surface area contributed by atoms with Crippen LogP contribution in [0.15, 0.2) is 18.2 Å². The summed E-state index contributed by atoms with van der Waals surface area (Å²) >= 11 is 0. The second kappa shape index (κ2) is 5.20. The van der Waals surface area contributed by atoms with Gasteiger partial charge in [0, 0.05) is 12.5 Å². The molecule has 1 aromatic carbocycles. The molecule has 8 heteroatoms. The lowest BCUT2D eigenvalue weighted by atomic mass is 10.1. The van der Waals surface area contributed by atoms with Crippen LogP contribution in [0.2, 0.25) is 0 Å². The minimum atomic E-state index is -4.75. The molecule has 1 aliphatic heterocycles. The van der Waals surface area contributed by atoms with Gasteiger partial charge in [0.2, 0.25) is 0 Å². The number of rotatable bonds is 4. The number of ether oxygens (including phenoxy) is 2. The van der Waals surface area contributed by atoms with Gasteiger partial charge in [-0.3, -0.25) is 0 Å². The van der Waals surface area contributed by atoms with E-state index < -0.39 is 31.0 Å². The van der Waals surface area contributed by atoms with Crippen molar-refractivity contribution < 1.29 is 37.7 Å². The third kappa shape index (κ3) is 3.13. The number of carbonyl (C=O) groups is 1. The second-order valence-corrected chi connectivity index (χ2v) is 4.29. The SMILES string of the molecule is O=C(O)C1Cc2ccc(OCC(O)C(F)(F)F)cc2O1. The largest absolute Gasteiger partial charge is 0.490 e. The lowest BCUT2D eigenvalue weighted by Gasteiger charge is -2.15. The van der Waals surface area contributed by atoms with Crippen LogP contribution in [0.5, 0.6) is 11.5 Å². The fraction of sp³-hybridized carbons (Fsp3) is 0.417. The average molecular weight is 292 g/mol. The number of aliphatic hydroxyl groups is 1. The standard InChI is InChI=1S/C12H11F3O5/c13-12(14,15)10(16)5-19-7-2-1-6-3-9(11(17)18)20-8(6)4-7/h1-2,4,9-10,16H,3,5H2,(H,17,18). The van der Waals surface area contributed by atoms with Crippen molar-refractivity contribution in [2.75, 3.05) is 6.61 Å². The van der Waals surface area contributed by atoms with E-state index in [1.54, 1.807) is 0 Å². The number of benzene rings is 1. The molecule has 0 radical (unpaired) electrons. The lowest BCUT2D eigenvalue weighted by molar-refractivity contribution is -0.210. The first kappa shape index (κ1) is 14.4. The molecule has 1 aliphatic rings. The van der Waals surface area contributed by atoms with Crippen molar-refractivity contribution in [3.05, 3.63) is 23.8 Å². The van der Waals surface area contributed by atoms with Crippen LogP contribution in [0.25, 0.3) is 0 Å².